The molecule has 1 saturated carbocycles. The van der Waals surface area contributed by atoms with Crippen molar-refractivity contribution in [3.8, 4) is 11.4 Å². The van der Waals surface area contributed by atoms with Gasteiger partial charge in [-0.2, -0.15) is 4.80 Å². The summed E-state index contributed by atoms with van der Waals surface area (Å²) in [6.45, 7) is 10.00. The Morgan fingerprint density at radius 3 is 2.65 bits per heavy atom. The van der Waals surface area contributed by atoms with Gasteiger partial charge in [0.05, 0.1) is 0 Å². The van der Waals surface area contributed by atoms with Gasteiger partial charge in [0.2, 0.25) is 11.7 Å². The quantitative estimate of drug-likeness (QED) is 0.851. The van der Waals surface area contributed by atoms with Crippen molar-refractivity contribution in [3.05, 3.63) is 29.8 Å². The summed E-state index contributed by atoms with van der Waals surface area (Å²) in [5.74, 6) is 0.662. The maximum atomic E-state index is 12.9. The predicted octanol–water partition coefficient (Wildman–Crippen LogP) is 3.08. The molecule has 1 saturated heterocycles. The van der Waals surface area contributed by atoms with Gasteiger partial charge in [0.25, 0.3) is 0 Å². The number of carbonyl (C=O) groups excluding carboxylic acids is 1. The number of benzene rings is 1. The van der Waals surface area contributed by atoms with Gasteiger partial charge in [-0.1, -0.05) is 50.6 Å². The van der Waals surface area contributed by atoms with Gasteiger partial charge in [-0.15, -0.1) is 10.2 Å². The van der Waals surface area contributed by atoms with E-state index in [9.17, 15) is 4.79 Å². The van der Waals surface area contributed by atoms with Gasteiger partial charge in [0, 0.05) is 18.2 Å². The summed E-state index contributed by atoms with van der Waals surface area (Å²) < 4.78 is 0. The van der Waals surface area contributed by atoms with Crippen LogP contribution in [0.4, 0.5) is 0 Å². The van der Waals surface area contributed by atoms with Crippen LogP contribution in [0.1, 0.15) is 45.6 Å². The molecule has 26 heavy (non-hydrogen) atoms. The lowest BCUT2D eigenvalue weighted by Gasteiger charge is -2.39. The minimum absolute atomic E-state index is 0.101. The monoisotopic (exact) mass is 353 g/mol. The highest BCUT2D eigenvalue weighted by Gasteiger charge is 2.50. The number of amides is 1. The Labute approximate surface area is 154 Å². The summed E-state index contributed by atoms with van der Waals surface area (Å²) in [5, 5.41) is 12.6. The largest absolute Gasteiger partial charge is 0.337 e. The van der Waals surface area contributed by atoms with Gasteiger partial charge in [-0.25, -0.2) is 0 Å². The summed E-state index contributed by atoms with van der Waals surface area (Å²) in [6, 6.07) is 8.34. The lowest BCUT2D eigenvalue weighted by molar-refractivity contribution is -0.133. The first-order valence-corrected chi connectivity index (χ1v) is 9.37. The molecule has 0 N–H and O–H groups in total. The van der Waals surface area contributed by atoms with Crippen LogP contribution >= 0.6 is 0 Å². The highest BCUT2D eigenvalue weighted by molar-refractivity contribution is 5.76. The molecule has 138 valence electrons. The number of tetrazole rings is 1. The number of nitrogens with zero attached hydrogens (tertiary/aromatic N) is 5. The molecule has 0 spiro atoms. The fourth-order valence-corrected chi connectivity index (χ4v) is 5.09. The average molecular weight is 353 g/mol. The topological polar surface area (TPSA) is 63.9 Å². The Morgan fingerprint density at radius 2 is 1.92 bits per heavy atom. The van der Waals surface area contributed by atoms with Crippen LogP contribution in [0.15, 0.2) is 24.3 Å². The number of hydrogen-bond acceptors (Lipinski definition) is 4. The number of rotatable bonds is 3. The zero-order valence-electron chi connectivity index (χ0n) is 16.1. The number of aryl methyl sites for hydroxylation is 1. The lowest BCUT2D eigenvalue weighted by atomic mass is 9.65. The van der Waals surface area contributed by atoms with E-state index in [4.69, 9.17) is 0 Å². The Balaban J connectivity index is 1.47. The first kappa shape index (κ1) is 17.2. The normalized spacial score (nSPS) is 26.9. The molecule has 2 atom stereocenters. The molecule has 0 radical (unpaired) electrons. The van der Waals surface area contributed by atoms with Gasteiger partial charge in [0.15, 0.2) is 0 Å². The van der Waals surface area contributed by atoms with E-state index in [1.165, 1.54) is 16.8 Å². The Hall–Kier alpha value is -2.24. The second kappa shape index (κ2) is 5.89. The van der Waals surface area contributed by atoms with Crippen LogP contribution in [0.3, 0.4) is 0 Å². The van der Waals surface area contributed by atoms with E-state index < -0.39 is 0 Å². The second-order valence-electron chi connectivity index (χ2n) is 9.24. The summed E-state index contributed by atoms with van der Waals surface area (Å²) in [5.41, 5.74) is 2.65. The van der Waals surface area contributed by atoms with Crippen LogP contribution in [0.2, 0.25) is 0 Å². The maximum Gasteiger partial charge on any atom is 0.246 e. The molecule has 6 heteroatoms. The predicted molar refractivity (Wildman–Crippen MR) is 99.2 cm³/mol. The summed E-state index contributed by atoms with van der Waals surface area (Å²) in [4.78, 5) is 16.4. The van der Waals surface area contributed by atoms with Crippen molar-refractivity contribution in [2.24, 2.45) is 10.8 Å². The van der Waals surface area contributed by atoms with Gasteiger partial charge >= 0.3 is 0 Å². The number of likely N-dealkylation sites (tertiary alicyclic amines) is 1. The fourth-order valence-electron chi connectivity index (χ4n) is 5.09. The minimum atomic E-state index is 0.101. The van der Waals surface area contributed by atoms with E-state index in [0.29, 0.717) is 17.3 Å². The van der Waals surface area contributed by atoms with E-state index in [1.807, 2.05) is 31.2 Å². The van der Waals surface area contributed by atoms with Gasteiger partial charge in [-0.05, 0) is 42.2 Å². The number of carbonyl (C=O) groups is 1. The van der Waals surface area contributed by atoms with E-state index in [1.54, 1.807) is 0 Å². The van der Waals surface area contributed by atoms with E-state index in [-0.39, 0.29) is 17.9 Å². The van der Waals surface area contributed by atoms with E-state index >= 15 is 0 Å². The van der Waals surface area contributed by atoms with Crippen molar-refractivity contribution in [1.82, 2.24) is 25.1 Å². The van der Waals surface area contributed by atoms with Crippen molar-refractivity contribution in [2.75, 3.05) is 6.54 Å². The van der Waals surface area contributed by atoms with Crippen molar-refractivity contribution in [1.29, 1.82) is 0 Å². The van der Waals surface area contributed by atoms with Crippen molar-refractivity contribution in [3.63, 3.8) is 0 Å². The van der Waals surface area contributed by atoms with Crippen LogP contribution in [0, 0.1) is 17.8 Å². The molecule has 2 fully saturated rings. The van der Waals surface area contributed by atoms with Gasteiger partial charge in [-0.3, -0.25) is 4.79 Å². The number of hydrogen-bond donors (Lipinski definition) is 0. The number of aromatic nitrogens is 4. The maximum absolute atomic E-state index is 12.9. The molecule has 1 amide bonds. The smallest absolute Gasteiger partial charge is 0.246 e. The van der Waals surface area contributed by atoms with Crippen molar-refractivity contribution in [2.45, 2.75) is 59.5 Å². The molecule has 1 aromatic heterocycles. The molecular formula is C20H27N5O. The average Bonchev–Trinajstić information content (AvgIpc) is 3.09. The van der Waals surface area contributed by atoms with E-state index in [0.717, 1.165) is 24.9 Å². The van der Waals surface area contributed by atoms with Crippen LogP contribution in [-0.4, -0.2) is 43.6 Å². The summed E-state index contributed by atoms with van der Waals surface area (Å²) in [7, 11) is 0. The molecule has 2 aromatic rings. The second-order valence-corrected chi connectivity index (χ2v) is 9.24. The van der Waals surface area contributed by atoms with Crippen LogP contribution in [0.25, 0.3) is 11.4 Å². The summed E-state index contributed by atoms with van der Waals surface area (Å²) >= 11 is 0. The standard InChI is InChI=1S/C20H27N5O/c1-14-5-7-15(8-6-14)18-21-23-25(22-18)11-17(26)24-13-20(4)10-16(24)9-19(2,3)12-20/h5-8,16H,9-13H2,1-4H3/t16-,20-/m0/s1. The molecule has 2 bridgehead atoms. The third-order valence-electron chi connectivity index (χ3n) is 5.77. The zero-order valence-corrected chi connectivity index (χ0v) is 16.1. The third kappa shape index (κ3) is 3.24. The molecule has 1 aliphatic heterocycles. The minimum Gasteiger partial charge on any atom is -0.337 e. The molecule has 0 unspecified atom stereocenters. The van der Waals surface area contributed by atoms with Crippen LogP contribution < -0.4 is 0 Å². The Bertz CT molecular complexity index is 825. The Kier molecular flexibility index (Phi) is 3.90. The van der Waals surface area contributed by atoms with Crippen molar-refractivity contribution < 1.29 is 4.79 Å². The molecule has 1 aliphatic carbocycles. The molecule has 2 aliphatic rings. The zero-order chi connectivity index (χ0) is 18.5. The molecule has 4 rings (SSSR count). The molecule has 6 nitrogen and oxygen atoms in total. The molecule has 1 aromatic carbocycles. The van der Waals surface area contributed by atoms with E-state index in [2.05, 4.69) is 41.1 Å². The SMILES string of the molecule is Cc1ccc(-c2nnn(CC(=O)N3C[C@@]4(C)C[C@@H]3CC(C)(C)C4)n2)cc1. The highest BCUT2D eigenvalue weighted by Crippen LogP contribution is 2.52. The first-order chi connectivity index (χ1) is 12.2. The molecular weight excluding hydrogens is 326 g/mol. The van der Waals surface area contributed by atoms with Gasteiger partial charge in [0.1, 0.15) is 6.54 Å². The van der Waals surface area contributed by atoms with Gasteiger partial charge < -0.3 is 4.90 Å². The lowest BCUT2D eigenvalue weighted by Crippen LogP contribution is -2.39. The van der Waals surface area contributed by atoms with Crippen LogP contribution in [0.5, 0.6) is 0 Å². The summed E-state index contributed by atoms with van der Waals surface area (Å²) in [6.07, 6.45) is 3.37. The van der Waals surface area contributed by atoms with Crippen LogP contribution in [-0.2, 0) is 11.3 Å². The fraction of sp³-hybridized carbons (Fsp3) is 0.600. The third-order valence-corrected chi connectivity index (χ3v) is 5.77. The number of fused-ring (bicyclic) bond motifs is 2. The molecule has 2 heterocycles. The first-order valence-electron chi connectivity index (χ1n) is 9.37. The highest BCUT2D eigenvalue weighted by atomic mass is 16.2. The van der Waals surface area contributed by atoms with Crippen molar-refractivity contribution >= 4 is 5.91 Å². The Morgan fingerprint density at radius 1 is 1.19 bits per heavy atom.